The van der Waals surface area contributed by atoms with Crippen LogP contribution in [0.5, 0.6) is 23.0 Å². The zero-order chi connectivity index (χ0) is 21.8. The van der Waals surface area contributed by atoms with Crippen LogP contribution in [0.2, 0.25) is 0 Å². The number of benzene rings is 1. The predicted molar refractivity (Wildman–Crippen MR) is 113 cm³/mol. The Morgan fingerprint density at radius 3 is 1.97 bits per heavy atom. The molecule has 166 valence electrons. The van der Waals surface area contributed by atoms with Gasteiger partial charge >= 0.3 is 5.97 Å². The van der Waals surface area contributed by atoms with E-state index in [1.165, 1.54) is 0 Å². The number of carboxylic acid groups (broad SMARTS) is 1. The van der Waals surface area contributed by atoms with Crippen LogP contribution >= 0.6 is 0 Å². The minimum atomic E-state index is -0.854. The average Bonchev–Trinajstić information content (AvgIpc) is 2.70. The zero-order valence-electron chi connectivity index (χ0n) is 18.5. The summed E-state index contributed by atoms with van der Waals surface area (Å²) in [6, 6.07) is 1.93. The molecular weight excluding hydrogens is 374 g/mol. The molecule has 1 aromatic rings. The zero-order valence-corrected chi connectivity index (χ0v) is 18.5. The Hall–Kier alpha value is -2.15. The van der Waals surface area contributed by atoms with Gasteiger partial charge in [0.25, 0.3) is 0 Å². The monoisotopic (exact) mass is 411 g/mol. The summed E-state index contributed by atoms with van der Waals surface area (Å²) in [5.41, 5.74) is 6.59. The number of aliphatic carboxylic acids is 1. The fourth-order valence-corrected chi connectivity index (χ4v) is 3.33. The Morgan fingerprint density at radius 1 is 0.931 bits per heavy atom. The maximum absolute atomic E-state index is 11.4. The lowest BCUT2D eigenvalue weighted by atomic mass is 9.87. The standard InChI is InChI=1S/C22H37NO6/c1-6-15(12-17(14-23)22(24)25)11-16-13-18(26-7-2)20(28-9-4)21(29-10-5)19(16)27-8-3/h13,15,17H,6-12,14,23H2,1-5H3,(H,24,25). The van der Waals surface area contributed by atoms with Crippen molar-refractivity contribution in [2.45, 2.75) is 53.9 Å². The van der Waals surface area contributed by atoms with E-state index in [-0.39, 0.29) is 12.5 Å². The first-order valence-electron chi connectivity index (χ1n) is 10.6. The first-order valence-corrected chi connectivity index (χ1v) is 10.6. The summed E-state index contributed by atoms with van der Waals surface area (Å²) in [6.45, 7) is 11.7. The number of ether oxygens (including phenoxy) is 4. The summed E-state index contributed by atoms with van der Waals surface area (Å²) in [6.07, 6.45) is 1.98. The van der Waals surface area contributed by atoms with E-state index >= 15 is 0 Å². The lowest BCUT2D eigenvalue weighted by molar-refractivity contribution is -0.142. The highest BCUT2D eigenvalue weighted by atomic mass is 16.6. The maximum atomic E-state index is 11.4. The number of carboxylic acids is 1. The van der Waals surface area contributed by atoms with E-state index in [9.17, 15) is 9.90 Å². The quantitative estimate of drug-likeness (QED) is 0.451. The minimum absolute atomic E-state index is 0.127. The van der Waals surface area contributed by atoms with Crippen molar-refractivity contribution in [3.63, 3.8) is 0 Å². The molecule has 0 heterocycles. The van der Waals surface area contributed by atoms with Crippen LogP contribution in [-0.2, 0) is 11.2 Å². The molecular formula is C22H37NO6. The Labute approximate surface area is 174 Å². The summed E-state index contributed by atoms with van der Waals surface area (Å²) >= 11 is 0. The molecule has 2 unspecified atom stereocenters. The summed E-state index contributed by atoms with van der Waals surface area (Å²) in [7, 11) is 0. The van der Waals surface area contributed by atoms with Crippen molar-refractivity contribution in [3.05, 3.63) is 11.6 Å². The van der Waals surface area contributed by atoms with E-state index < -0.39 is 11.9 Å². The van der Waals surface area contributed by atoms with Crippen LogP contribution < -0.4 is 24.7 Å². The normalized spacial score (nSPS) is 12.9. The topological polar surface area (TPSA) is 100 Å². The van der Waals surface area contributed by atoms with Gasteiger partial charge in [-0.15, -0.1) is 0 Å². The first kappa shape index (κ1) is 24.9. The van der Waals surface area contributed by atoms with Crippen LogP contribution in [0.15, 0.2) is 6.07 Å². The maximum Gasteiger partial charge on any atom is 0.307 e. The molecule has 7 heteroatoms. The third-order valence-corrected chi connectivity index (χ3v) is 4.74. The summed E-state index contributed by atoms with van der Waals surface area (Å²) in [5.74, 6) is 1.06. The van der Waals surface area contributed by atoms with Gasteiger partial charge in [-0.3, -0.25) is 4.79 Å². The van der Waals surface area contributed by atoms with E-state index in [0.29, 0.717) is 62.3 Å². The molecule has 2 atom stereocenters. The number of rotatable bonds is 15. The van der Waals surface area contributed by atoms with Crippen LogP contribution in [0.1, 0.15) is 53.0 Å². The molecule has 7 nitrogen and oxygen atoms in total. The van der Waals surface area contributed by atoms with Gasteiger partial charge in [-0.2, -0.15) is 0 Å². The van der Waals surface area contributed by atoms with E-state index in [4.69, 9.17) is 24.7 Å². The molecule has 0 saturated heterocycles. The van der Waals surface area contributed by atoms with Gasteiger partial charge in [0.15, 0.2) is 11.5 Å². The van der Waals surface area contributed by atoms with Gasteiger partial charge in [0.1, 0.15) is 0 Å². The van der Waals surface area contributed by atoms with Crippen LogP contribution in [0.4, 0.5) is 0 Å². The van der Waals surface area contributed by atoms with Gasteiger partial charge in [-0.1, -0.05) is 13.3 Å². The largest absolute Gasteiger partial charge is 0.490 e. The van der Waals surface area contributed by atoms with Crippen molar-refractivity contribution in [1.82, 2.24) is 0 Å². The van der Waals surface area contributed by atoms with Gasteiger partial charge in [0.05, 0.1) is 32.3 Å². The molecule has 0 saturated carbocycles. The lowest BCUT2D eigenvalue weighted by Gasteiger charge is -2.24. The molecule has 0 radical (unpaired) electrons. The van der Waals surface area contributed by atoms with Gasteiger partial charge in [0.2, 0.25) is 11.5 Å². The van der Waals surface area contributed by atoms with E-state index in [1.54, 1.807) is 0 Å². The predicted octanol–water partition coefficient (Wildman–Crippen LogP) is 3.90. The molecule has 0 bridgehead atoms. The van der Waals surface area contributed by atoms with E-state index in [0.717, 1.165) is 12.0 Å². The molecule has 0 aliphatic rings. The smallest absolute Gasteiger partial charge is 0.307 e. The Morgan fingerprint density at radius 2 is 1.48 bits per heavy atom. The highest BCUT2D eigenvalue weighted by Gasteiger charge is 2.26. The van der Waals surface area contributed by atoms with Crippen molar-refractivity contribution < 1.29 is 28.8 Å². The molecule has 1 aromatic carbocycles. The molecule has 0 spiro atoms. The molecule has 0 aliphatic carbocycles. The van der Waals surface area contributed by atoms with Crippen molar-refractivity contribution >= 4 is 5.97 Å². The molecule has 0 fully saturated rings. The molecule has 0 aliphatic heterocycles. The molecule has 29 heavy (non-hydrogen) atoms. The minimum Gasteiger partial charge on any atom is -0.490 e. The Bertz CT molecular complexity index is 634. The second-order valence-electron chi connectivity index (χ2n) is 6.74. The Kier molecular flexibility index (Phi) is 11.3. The summed E-state index contributed by atoms with van der Waals surface area (Å²) < 4.78 is 23.5. The van der Waals surface area contributed by atoms with Crippen molar-refractivity contribution in [3.8, 4) is 23.0 Å². The van der Waals surface area contributed by atoms with Gasteiger partial charge < -0.3 is 29.8 Å². The first-order chi connectivity index (χ1) is 14.0. The second kappa shape index (κ2) is 13.1. The van der Waals surface area contributed by atoms with Gasteiger partial charge in [0, 0.05) is 12.1 Å². The summed E-state index contributed by atoms with van der Waals surface area (Å²) in [4.78, 5) is 11.4. The SMILES string of the molecule is CCOc1cc(CC(CC)CC(CN)C(=O)O)c(OCC)c(OCC)c1OCC. The van der Waals surface area contributed by atoms with Crippen LogP contribution in [0.3, 0.4) is 0 Å². The lowest BCUT2D eigenvalue weighted by Crippen LogP contribution is -2.26. The third-order valence-electron chi connectivity index (χ3n) is 4.74. The summed E-state index contributed by atoms with van der Waals surface area (Å²) in [5, 5.41) is 9.38. The van der Waals surface area contributed by atoms with Crippen LogP contribution in [-0.4, -0.2) is 44.0 Å². The molecule has 1 rings (SSSR count). The highest BCUT2D eigenvalue weighted by molar-refractivity contribution is 5.70. The number of carbonyl (C=O) groups is 1. The third kappa shape index (κ3) is 6.99. The number of hydrogen-bond donors (Lipinski definition) is 2. The molecule has 0 amide bonds. The average molecular weight is 412 g/mol. The van der Waals surface area contributed by atoms with Gasteiger partial charge in [-0.25, -0.2) is 0 Å². The van der Waals surface area contributed by atoms with Crippen molar-refractivity contribution in [1.29, 1.82) is 0 Å². The van der Waals surface area contributed by atoms with E-state index in [2.05, 4.69) is 6.92 Å². The Balaban J connectivity index is 3.42. The molecule has 3 N–H and O–H groups in total. The second-order valence-corrected chi connectivity index (χ2v) is 6.74. The highest BCUT2D eigenvalue weighted by Crippen LogP contribution is 2.48. The van der Waals surface area contributed by atoms with E-state index in [1.807, 2.05) is 33.8 Å². The van der Waals surface area contributed by atoms with Crippen LogP contribution in [0, 0.1) is 11.8 Å². The van der Waals surface area contributed by atoms with Crippen LogP contribution in [0.25, 0.3) is 0 Å². The number of hydrogen-bond acceptors (Lipinski definition) is 6. The van der Waals surface area contributed by atoms with Gasteiger partial charge in [-0.05, 0) is 52.5 Å². The van der Waals surface area contributed by atoms with Crippen molar-refractivity contribution in [2.75, 3.05) is 33.0 Å². The number of nitrogens with two attached hydrogens (primary N) is 1. The fraction of sp³-hybridized carbons (Fsp3) is 0.682. The fourth-order valence-electron chi connectivity index (χ4n) is 3.33. The molecule has 0 aromatic heterocycles. The van der Waals surface area contributed by atoms with Crippen molar-refractivity contribution in [2.24, 2.45) is 17.6 Å².